The molecule has 2 aromatic carbocycles. The monoisotopic (exact) mass is 488 g/mol. The summed E-state index contributed by atoms with van der Waals surface area (Å²) in [6.07, 6.45) is 5.22. The molecule has 5 rings (SSSR count). The standard InChI is InChI=1S/C27H25FN4O2S/c28-23-9-3-1-7-21(23)27(34)31-15-12-19(13-16-31)30-26(33)22-8-2-4-10-24(22)35-18-20-17-32-14-6-5-11-25(32)29-20/h1-11,14,17,19H,12-13,15-16,18H2,(H,30,33). The van der Waals surface area contributed by atoms with Gasteiger partial charge in [0.2, 0.25) is 0 Å². The summed E-state index contributed by atoms with van der Waals surface area (Å²) < 4.78 is 16.0. The Kier molecular flexibility index (Phi) is 6.81. The molecule has 3 heterocycles. The number of imidazole rings is 1. The third-order valence-electron chi connectivity index (χ3n) is 6.14. The summed E-state index contributed by atoms with van der Waals surface area (Å²) in [5.41, 5.74) is 2.56. The average Bonchev–Trinajstić information content (AvgIpc) is 3.31. The fourth-order valence-corrected chi connectivity index (χ4v) is 5.22. The predicted octanol–water partition coefficient (Wildman–Crippen LogP) is 4.80. The van der Waals surface area contributed by atoms with Crippen LogP contribution in [0.15, 0.2) is 84.0 Å². The molecule has 0 unspecified atom stereocenters. The third kappa shape index (κ3) is 5.22. The molecule has 2 aromatic heterocycles. The van der Waals surface area contributed by atoms with Gasteiger partial charge in [0, 0.05) is 42.2 Å². The summed E-state index contributed by atoms with van der Waals surface area (Å²) in [5.74, 6) is -0.281. The molecule has 0 atom stereocenters. The van der Waals surface area contributed by atoms with Crippen molar-refractivity contribution in [2.75, 3.05) is 13.1 Å². The maximum absolute atomic E-state index is 14.0. The first kappa shape index (κ1) is 23.1. The van der Waals surface area contributed by atoms with Crippen molar-refractivity contribution in [3.05, 3.63) is 102 Å². The highest BCUT2D eigenvalue weighted by Crippen LogP contribution is 2.27. The van der Waals surface area contributed by atoms with E-state index in [-0.39, 0.29) is 23.4 Å². The first-order valence-electron chi connectivity index (χ1n) is 11.6. The van der Waals surface area contributed by atoms with Crippen LogP contribution in [0, 0.1) is 5.82 Å². The summed E-state index contributed by atoms with van der Waals surface area (Å²) in [6, 6.07) is 19.4. The lowest BCUT2D eigenvalue weighted by molar-refractivity contribution is 0.0693. The van der Waals surface area contributed by atoms with Gasteiger partial charge in [-0.05, 0) is 49.2 Å². The zero-order valence-electron chi connectivity index (χ0n) is 19.1. The van der Waals surface area contributed by atoms with E-state index in [1.54, 1.807) is 28.8 Å². The molecule has 1 aliphatic heterocycles. The van der Waals surface area contributed by atoms with Gasteiger partial charge in [-0.15, -0.1) is 11.8 Å². The van der Waals surface area contributed by atoms with E-state index in [1.165, 1.54) is 12.1 Å². The van der Waals surface area contributed by atoms with E-state index in [9.17, 15) is 14.0 Å². The molecule has 0 bridgehead atoms. The van der Waals surface area contributed by atoms with Gasteiger partial charge in [-0.2, -0.15) is 0 Å². The van der Waals surface area contributed by atoms with E-state index < -0.39 is 5.82 Å². The number of piperidine rings is 1. The second kappa shape index (κ2) is 10.3. The number of hydrogen-bond acceptors (Lipinski definition) is 4. The molecule has 0 saturated carbocycles. The molecule has 0 radical (unpaired) electrons. The van der Waals surface area contributed by atoms with Gasteiger partial charge in [-0.3, -0.25) is 9.59 Å². The second-order valence-corrected chi connectivity index (χ2v) is 9.52. The number of nitrogens with one attached hydrogen (secondary N) is 1. The molecular weight excluding hydrogens is 463 g/mol. The molecule has 2 amide bonds. The van der Waals surface area contributed by atoms with Gasteiger partial charge in [0.15, 0.2) is 0 Å². The van der Waals surface area contributed by atoms with Crippen molar-refractivity contribution >= 4 is 29.2 Å². The Morgan fingerprint density at radius 1 is 0.971 bits per heavy atom. The first-order chi connectivity index (χ1) is 17.1. The van der Waals surface area contributed by atoms with Crippen molar-refractivity contribution in [1.29, 1.82) is 0 Å². The Hall–Kier alpha value is -3.65. The molecule has 4 aromatic rings. The van der Waals surface area contributed by atoms with E-state index in [1.807, 2.05) is 59.3 Å². The van der Waals surface area contributed by atoms with Gasteiger partial charge in [0.05, 0.1) is 16.8 Å². The first-order valence-corrected chi connectivity index (χ1v) is 12.6. The lowest BCUT2D eigenvalue weighted by Gasteiger charge is -2.32. The van der Waals surface area contributed by atoms with Crippen LogP contribution in [0.3, 0.4) is 0 Å². The van der Waals surface area contributed by atoms with Crippen molar-refractivity contribution in [1.82, 2.24) is 19.6 Å². The zero-order valence-corrected chi connectivity index (χ0v) is 19.9. The molecule has 1 fully saturated rings. The summed E-state index contributed by atoms with van der Waals surface area (Å²) in [5, 5.41) is 3.12. The van der Waals surface area contributed by atoms with E-state index in [4.69, 9.17) is 0 Å². The fourth-order valence-electron chi connectivity index (χ4n) is 4.28. The number of benzene rings is 2. The molecule has 178 valence electrons. The summed E-state index contributed by atoms with van der Waals surface area (Å²) in [6.45, 7) is 0.949. The number of pyridine rings is 1. The number of hydrogen-bond donors (Lipinski definition) is 1. The van der Waals surface area contributed by atoms with Crippen LogP contribution in [0.25, 0.3) is 5.65 Å². The molecule has 0 spiro atoms. The van der Waals surface area contributed by atoms with Crippen molar-refractivity contribution in [2.45, 2.75) is 29.5 Å². The van der Waals surface area contributed by atoms with Crippen LogP contribution in [0.4, 0.5) is 4.39 Å². The Labute approximate surface area is 207 Å². The van der Waals surface area contributed by atoms with E-state index >= 15 is 0 Å². The number of aromatic nitrogens is 2. The highest BCUT2D eigenvalue weighted by molar-refractivity contribution is 7.98. The van der Waals surface area contributed by atoms with Crippen LogP contribution >= 0.6 is 11.8 Å². The summed E-state index contributed by atoms with van der Waals surface area (Å²) >= 11 is 1.58. The largest absolute Gasteiger partial charge is 0.349 e. The van der Waals surface area contributed by atoms with Crippen molar-refractivity contribution in [3.63, 3.8) is 0 Å². The third-order valence-corrected chi connectivity index (χ3v) is 7.25. The Morgan fingerprint density at radius 2 is 1.69 bits per heavy atom. The number of nitrogens with zero attached hydrogens (tertiary/aromatic N) is 3. The molecule has 0 aliphatic carbocycles. The molecule has 1 N–H and O–H groups in total. The minimum Gasteiger partial charge on any atom is -0.349 e. The van der Waals surface area contributed by atoms with Gasteiger partial charge in [0.25, 0.3) is 11.8 Å². The number of halogens is 1. The Bertz CT molecular complexity index is 1330. The van der Waals surface area contributed by atoms with Crippen molar-refractivity contribution in [3.8, 4) is 0 Å². The highest BCUT2D eigenvalue weighted by atomic mass is 32.2. The quantitative estimate of drug-likeness (QED) is 0.396. The van der Waals surface area contributed by atoms with Crippen LogP contribution in [0.2, 0.25) is 0 Å². The van der Waals surface area contributed by atoms with Gasteiger partial charge in [0.1, 0.15) is 11.5 Å². The number of rotatable bonds is 6. The molecule has 1 aliphatic rings. The van der Waals surface area contributed by atoms with Crippen LogP contribution < -0.4 is 5.32 Å². The van der Waals surface area contributed by atoms with Gasteiger partial charge in [-0.25, -0.2) is 9.37 Å². The predicted molar refractivity (Wildman–Crippen MR) is 134 cm³/mol. The minimum absolute atomic E-state index is 0.0383. The smallest absolute Gasteiger partial charge is 0.256 e. The normalized spacial score (nSPS) is 14.3. The molecule has 1 saturated heterocycles. The Balaban J connectivity index is 1.18. The number of amides is 2. The van der Waals surface area contributed by atoms with Gasteiger partial charge < -0.3 is 14.6 Å². The SMILES string of the molecule is O=C(NC1CCN(C(=O)c2ccccc2F)CC1)c1ccccc1SCc1cn2ccccc2n1. The number of thioether (sulfide) groups is 1. The van der Waals surface area contributed by atoms with Crippen LogP contribution in [-0.4, -0.2) is 45.2 Å². The number of carbonyl (C=O) groups is 2. The number of fused-ring (bicyclic) bond motifs is 1. The lowest BCUT2D eigenvalue weighted by atomic mass is 10.0. The topological polar surface area (TPSA) is 66.7 Å². The molecule has 35 heavy (non-hydrogen) atoms. The Morgan fingerprint density at radius 3 is 2.46 bits per heavy atom. The second-order valence-electron chi connectivity index (χ2n) is 8.50. The lowest BCUT2D eigenvalue weighted by Crippen LogP contribution is -2.46. The van der Waals surface area contributed by atoms with Gasteiger partial charge >= 0.3 is 0 Å². The maximum Gasteiger partial charge on any atom is 0.256 e. The molecule has 6 nitrogen and oxygen atoms in total. The van der Waals surface area contributed by atoms with Crippen LogP contribution in [-0.2, 0) is 5.75 Å². The van der Waals surface area contributed by atoms with Crippen molar-refractivity contribution < 1.29 is 14.0 Å². The summed E-state index contributed by atoms with van der Waals surface area (Å²) in [7, 11) is 0. The zero-order chi connectivity index (χ0) is 24.2. The van der Waals surface area contributed by atoms with Gasteiger partial charge in [-0.1, -0.05) is 30.3 Å². The molecule has 8 heteroatoms. The summed E-state index contributed by atoms with van der Waals surface area (Å²) in [4.78, 5) is 32.9. The highest BCUT2D eigenvalue weighted by Gasteiger charge is 2.26. The number of carbonyl (C=O) groups excluding carboxylic acids is 2. The number of likely N-dealkylation sites (tertiary alicyclic amines) is 1. The minimum atomic E-state index is -0.509. The van der Waals surface area contributed by atoms with E-state index in [0.29, 0.717) is 37.2 Å². The maximum atomic E-state index is 14.0. The van der Waals surface area contributed by atoms with Crippen LogP contribution in [0.5, 0.6) is 0 Å². The fraction of sp³-hybridized carbons (Fsp3) is 0.222. The molecular formula is C27H25FN4O2S. The van der Waals surface area contributed by atoms with E-state index in [0.717, 1.165) is 16.2 Å². The van der Waals surface area contributed by atoms with Crippen molar-refractivity contribution in [2.24, 2.45) is 0 Å². The van der Waals surface area contributed by atoms with E-state index in [2.05, 4.69) is 10.3 Å². The van der Waals surface area contributed by atoms with Crippen LogP contribution in [0.1, 0.15) is 39.3 Å². The average molecular weight is 489 g/mol.